The van der Waals surface area contributed by atoms with Crippen LogP contribution in [-0.4, -0.2) is 27.7 Å². The number of methoxy groups -OCH3 is 1. The average molecular weight is 497 g/mol. The Balaban J connectivity index is 1.44. The van der Waals surface area contributed by atoms with E-state index in [1.165, 1.54) is 19.3 Å². The number of carbonyl (C=O) groups is 1. The van der Waals surface area contributed by atoms with Crippen molar-refractivity contribution in [2.75, 3.05) is 7.11 Å². The summed E-state index contributed by atoms with van der Waals surface area (Å²) in [6.07, 6.45) is 9.94. The number of aromatic carboxylic acids is 1. The fourth-order valence-electron chi connectivity index (χ4n) is 5.18. The van der Waals surface area contributed by atoms with Gasteiger partial charge in [-0.3, -0.25) is 0 Å². The molecule has 3 aromatic carbocycles. The van der Waals surface area contributed by atoms with Crippen molar-refractivity contribution in [2.24, 2.45) is 0 Å². The molecule has 190 valence electrons. The van der Waals surface area contributed by atoms with Gasteiger partial charge in [-0.1, -0.05) is 37.5 Å². The van der Waals surface area contributed by atoms with Gasteiger partial charge in [-0.05, 0) is 79.9 Å². The molecule has 1 aliphatic rings. The minimum absolute atomic E-state index is 0.255. The predicted molar refractivity (Wildman–Crippen MR) is 146 cm³/mol. The zero-order chi connectivity index (χ0) is 25.8. The summed E-state index contributed by atoms with van der Waals surface area (Å²) in [7, 11) is 1.66. The number of aromatic nitrogens is 2. The van der Waals surface area contributed by atoms with E-state index < -0.39 is 5.97 Å². The maximum Gasteiger partial charge on any atom is 0.335 e. The van der Waals surface area contributed by atoms with Gasteiger partial charge in [0.05, 0.1) is 23.7 Å². The predicted octanol–water partition coefficient (Wildman–Crippen LogP) is 7.53. The Labute approximate surface area is 217 Å². The largest absolute Gasteiger partial charge is 0.497 e. The molecular formula is C31H32N2O4. The molecule has 1 heterocycles. The topological polar surface area (TPSA) is 73.6 Å². The number of ether oxygens (including phenoxy) is 2. The molecule has 6 heteroatoms. The van der Waals surface area contributed by atoms with Crippen molar-refractivity contribution in [2.45, 2.75) is 51.7 Å². The van der Waals surface area contributed by atoms with Crippen LogP contribution in [0.5, 0.6) is 11.5 Å². The number of rotatable bonds is 8. The van der Waals surface area contributed by atoms with Crippen molar-refractivity contribution < 1.29 is 19.4 Å². The zero-order valence-electron chi connectivity index (χ0n) is 21.3. The van der Waals surface area contributed by atoms with Gasteiger partial charge < -0.3 is 19.1 Å². The molecule has 0 saturated heterocycles. The summed E-state index contributed by atoms with van der Waals surface area (Å²) in [5.74, 6) is 1.51. The number of hydrogen-bond donors (Lipinski definition) is 1. The van der Waals surface area contributed by atoms with E-state index in [9.17, 15) is 9.90 Å². The molecule has 1 aromatic heterocycles. The molecule has 0 atom stereocenters. The van der Waals surface area contributed by atoms with Gasteiger partial charge in [0.2, 0.25) is 0 Å². The van der Waals surface area contributed by atoms with Crippen molar-refractivity contribution in [3.8, 4) is 22.9 Å². The number of hydrogen-bond acceptors (Lipinski definition) is 4. The van der Waals surface area contributed by atoms with Crippen LogP contribution in [-0.2, 0) is 6.61 Å². The van der Waals surface area contributed by atoms with Gasteiger partial charge in [0.15, 0.2) is 0 Å². The van der Waals surface area contributed by atoms with Crippen molar-refractivity contribution in [3.63, 3.8) is 0 Å². The van der Waals surface area contributed by atoms with Crippen LogP contribution >= 0.6 is 0 Å². The molecule has 0 radical (unpaired) electrons. The number of allylic oxidation sites excluding steroid dienone is 1. The fourth-order valence-corrected chi connectivity index (χ4v) is 5.18. The van der Waals surface area contributed by atoms with Crippen LogP contribution in [0, 0.1) is 0 Å². The number of carboxylic acid groups (broad SMARTS) is 1. The van der Waals surface area contributed by atoms with E-state index in [2.05, 4.69) is 10.6 Å². The van der Waals surface area contributed by atoms with E-state index in [4.69, 9.17) is 14.5 Å². The minimum atomic E-state index is -0.939. The van der Waals surface area contributed by atoms with Crippen LogP contribution < -0.4 is 9.47 Å². The van der Waals surface area contributed by atoms with Gasteiger partial charge >= 0.3 is 5.97 Å². The van der Waals surface area contributed by atoms with Crippen LogP contribution in [0.4, 0.5) is 0 Å². The molecule has 0 spiro atoms. The first kappa shape index (κ1) is 24.6. The quantitative estimate of drug-likeness (QED) is 0.273. The first-order chi connectivity index (χ1) is 18.1. The van der Waals surface area contributed by atoms with Crippen molar-refractivity contribution in [3.05, 3.63) is 83.4 Å². The van der Waals surface area contributed by atoms with Crippen LogP contribution in [0.3, 0.4) is 0 Å². The molecule has 1 saturated carbocycles. The average Bonchev–Trinajstić information content (AvgIpc) is 3.32. The third-order valence-corrected chi connectivity index (χ3v) is 7.08. The second kappa shape index (κ2) is 10.9. The van der Waals surface area contributed by atoms with Crippen LogP contribution in [0.1, 0.15) is 66.6 Å². The maximum absolute atomic E-state index is 11.5. The Morgan fingerprint density at radius 3 is 2.49 bits per heavy atom. The highest BCUT2D eigenvalue weighted by atomic mass is 16.5. The number of imidazole rings is 1. The Morgan fingerprint density at radius 2 is 1.78 bits per heavy atom. The van der Waals surface area contributed by atoms with Crippen LogP contribution in [0.25, 0.3) is 28.5 Å². The summed E-state index contributed by atoms with van der Waals surface area (Å²) in [6, 6.07) is 19.6. The second-order valence-electron chi connectivity index (χ2n) is 9.48. The van der Waals surface area contributed by atoms with E-state index in [0.29, 0.717) is 12.6 Å². The smallest absolute Gasteiger partial charge is 0.335 e. The maximum atomic E-state index is 11.5. The van der Waals surface area contributed by atoms with E-state index in [1.54, 1.807) is 19.2 Å². The Bertz CT molecular complexity index is 1430. The summed E-state index contributed by atoms with van der Waals surface area (Å²) in [5.41, 5.74) is 5.10. The van der Waals surface area contributed by atoms with Crippen molar-refractivity contribution in [1.82, 2.24) is 9.55 Å². The third kappa shape index (κ3) is 5.24. The first-order valence-electron chi connectivity index (χ1n) is 12.9. The number of fused-ring (bicyclic) bond motifs is 1. The normalized spacial score (nSPS) is 14.3. The second-order valence-corrected chi connectivity index (χ2v) is 9.48. The molecule has 4 aromatic rings. The molecule has 0 bridgehead atoms. The molecule has 1 aliphatic carbocycles. The highest BCUT2D eigenvalue weighted by molar-refractivity contribution is 5.93. The molecule has 37 heavy (non-hydrogen) atoms. The van der Waals surface area contributed by atoms with Crippen LogP contribution in [0.15, 0.2) is 66.7 Å². The van der Waals surface area contributed by atoms with Crippen molar-refractivity contribution in [1.29, 1.82) is 0 Å². The molecule has 1 N–H and O–H groups in total. The Morgan fingerprint density at radius 1 is 1.03 bits per heavy atom. The number of nitrogens with zero attached hydrogens (tertiary/aromatic N) is 2. The van der Waals surface area contributed by atoms with Gasteiger partial charge in [-0.15, -0.1) is 0 Å². The molecule has 6 nitrogen and oxygen atoms in total. The Kier molecular flexibility index (Phi) is 7.26. The zero-order valence-corrected chi connectivity index (χ0v) is 21.3. The molecule has 0 unspecified atom stereocenters. The Hall–Kier alpha value is -4.06. The van der Waals surface area contributed by atoms with Gasteiger partial charge in [0.25, 0.3) is 0 Å². The summed E-state index contributed by atoms with van der Waals surface area (Å²) in [6.45, 7) is 2.42. The van der Waals surface area contributed by atoms with E-state index in [1.807, 2.05) is 61.5 Å². The molecule has 1 fully saturated rings. The first-order valence-corrected chi connectivity index (χ1v) is 12.9. The van der Waals surface area contributed by atoms with Gasteiger partial charge in [-0.25, -0.2) is 9.78 Å². The summed E-state index contributed by atoms with van der Waals surface area (Å²) in [5, 5.41) is 9.47. The molecular weight excluding hydrogens is 464 g/mol. The van der Waals surface area contributed by atoms with Gasteiger partial charge in [0.1, 0.15) is 23.9 Å². The molecule has 0 aliphatic heterocycles. The van der Waals surface area contributed by atoms with Gasteiger partial charge in [0, 0.05) is 17.2 Å². The number of benzene rings is 3. The van der Waals surface area contributed by atoms with E-state index in [0.717, 1.165) is 57.9 Å². The lowest BCUT2D eigenvalue weighted by Gasteiger charge is -2.25. The van der Waals surface area contributed by atoms with E-state index >= 15 is 0 Å². The molecule has 0 amide bonds. The lowest BCUT2D eigenvalue weighted by atomic mass is 9.95. The van der Waals surface area contributed by atoms with Crippen LogP contribution in [0.2, 0.25) is 0 Å². The summed E-state index contributed by atoms with van der Waals surface area (Å²) < 4.78 is 13.8. The minimum Gasteiger partial charge on any atom is -0.497 e. The SMILES string of the molecule is C/C=C/c1ccc(OC)cc1COc1ccc(-c2nc3cc(C(=O)O)ccc3n2C2CCCCC2)cc1. The fraction of sp³-hybridized carbons (Fsp3) is 0.290. The lowest BCUT2D eigenvalue weighted by Crippen LogP contribution is -2.14. The van der Waals surface area contributed by atoms with Crippen molar-refractivity contribution >= 4 is 23.1 Å². The highest BCUT2D eigenvalue weighted by Crippen LogP contribution is 2.36. The lowest BCUT2D eigenvalue weighted by molar-refractivity contribution is 0.0697. The monoisotopic (exact) mass is 496 g/mol. The highest BCUT2D eigenvalue weighted by Gasteiger charge is 2.23. The summed E-state index contributed by atoms with van der Waals surface area (Å²) in [4.78, 5) is 16.5. The molecule has 5 rings (SSSR count). The number of carboxylic acids is 1. The summed E-state index contributed by atoms with van der Waals surface area (Å²) >= 11 is 0. The van der Waals surface area contributed by atoms with Gasteiger partial charge in [-0.2, -0.15) is 0 Å². The third-order valence-electron chi connectivity index (χ3n) is 7.08. The standard InChI is InChI=1S/C31H32N2O4/c1-3-7-21-10-16-27(36-2)18-24(21)20-37-26-14-11-22(12-15-26)30-32-28-19-23(31(34)35)13-17-29(28)33(30)25-8-5-4-6-9-25/h3,7,10-19,25H,4-6,8-9,20H2,1-2H3,(H,34,35)/b7-3+. The van der Waals surface area contributed by atoms with E-state index in [-0.39, 0.29) is 5.56 Å².